The summed E-state index contributed by atoms with van der Waals surface area (Å²) in [5, 5.41) is 11.8. The molecule has 1 atom stereocenters. The van der Waals surface area contributed by atoms with Crippen molar-refractivity contribution in [2.24, 2.45) is 0 Å². The first kappa shape index (κ1) is 24.7. The lowest BCUT2D eigenvalue weighted by atomic mass is 9.94. The second kappa shape index (κ2) is 9.82. The van der Waals surface area contributed by atoms with E-state index < -0.39 is 17.7 Å². The van der Waals surface area contributed by atoms with Crippen LogP contribution in [-0.2, 0) is 9.59 Å². The summed E-state index contributed by atoms with van der Waals surface area (Å²) in [4.78, 5) is 33.1. The molecule has 0 radical (unpaired) electrons. The number of benzene rings is 3. The zero-order chi connectivity index (χ0) is 26.3. The van der Waals surface area contributed by atoms with Crippen molar-refractivity contribution in [1.29, 1.82) is 0 Å². The lowest BCUT2D eigenvalue weighted by Crippen LogP contribution is -2.29. The molecule has 188 valence electrons. The van der Waals surface area contributed by atoms with Crippen LogP contribution in [0.2, 0.25) is 0 Å². The number of carbonyl (C=O) groups excluding carboxylic acids is 2. The Morgan fingerprint density at radius 1 is 1.08 bits per heavy atom. The van der Waals surface area contributed by atoms with E-state index in [0.717, 1.165) is 21.3 Å². The highest BCUT2D eigenvalue weighted by atomic mass is 32.1. The molecule has 0 aliphatic carbocycles. The fraction of sp³-hybridized carbons (Fsp3) is 0.233. The van der Waals surface area contributed by atoms with Crippen molar-refractivity contribution in [2.45, 2.75) is 39.7 Å². The molecule has 5 rings (SSSR count). The Kier molecular flexibility index (Phi) is 6.56. The van der Waals surface area contributed by atoms with Crippen LogP contribution in [0, 0.1) is 6.92 Å². The van der Waals surface area contributed by atoms with Gasteiger partial charge in [0.1, 0.15) is 11.5 Å². The van der Waals surface area contributed by atoms with E-state index >= 15 is 0 Å². The van der Waals surface area contributed by atoms with Crippen LogP contribution in [0.1, 0.15) is 55.0 Å². The van der Waals surface area contributed by atoms with Crippen molar-refractivity contribution in [3.05, 3.63) is 94.6 Å². The largest absolute Gasteiger partial charge is 0.507 e. The Hall–Kier alpha value is -3.97. The third-order valence-corrected chi connectivity index (χ3v) is 7.53. The predicted octanol–water partition coefficient (Wildman–Crippen LogP) is 6.75. The lowest BCUT2D eigenvalue weighted by molar-refractivity contribution is -0.132. The first-order chi connectivity index (χ1) is 17.8. The number of hydrogen-bond donors (Lipinski definition) is 1. The maximum absolute atomic E-state index is 13.5. The van der Waals surface area contributed by atoms with Crippen LogP contribution < -0.4 is 9.64 Å². The molecular weight excluding hydrogens is 484 g/mol. The van der Waals surface area contributed by atoms with Crippen molar-refractivity contribution >= 4 is 44.1 Å². The fourth-order valence-corrected chi connectivity index (χ4v) is 5.65. The van der Waals surface area contributed by atoms with Gasteiger partial charge in [-0.05, 0) is 67.3 Å². The first-order valence-electron chi connectivity index (χ1n) is 12.3. The van der Waals surface area contributed by atoms with Gasteiger partial charge >= 0.3 is 5.91 Å². The number of anilines is 1. The molecule has 7 heteroatoms. The zero-order valence-electron chi connectivity index (χ0n) is 21.2. The van der Waals surface area contributed by atoms with E-state index in [-0.39, 0.29) is 11.3 Å². The highest BCUT2D eigenvalue weighted by Gasteiger charge is 2.48. The van der Waals surface area contributed by atoms with Crippen molar-refractivity contribution in [3.8, 4) is 5.75 Å². The highest BCUT2D eigenvalue weighted by Crippen LogP contribution is 2.44. The summed E-state index contributed by atoms with van der Waals surface area (Å²) < 4.78 is 6.44. The smallest absolute Gasteiger partial charge is 0.301 e. The number of aliphatic hydroxyl groups excluding tert-OH is 1. The maximum Gasteiger partial charge on any atom is 0.301 e. The van der Waals surface area contributed by atoms with Crippen molar-refractivity contribution in [1.82, 2.24) is 4.98 Å². The molecule has 1 amide bonds. The van der Waals surface area contributed by atoms with E-state index in [4.69, 9.17) is 9.72 Å². The number of ether oxygens (including phenoxy) is 1. The molecule has 4 aromatic rings. The Bertz CT molecular complexity index is 1530. The van der Waals surface area contributed by atoms with Crippen LogP contribution in [-0.4, -0.2) is 28.4 Å². The number of fused-ring (bicyclic) bond motifs is 1. The molecule has 1 unspecified atom stereocenters. The summed E-state index contributed by atoms with van der Waals surface area (Å²) in [6.07, 6.45) is 0. The molecule has 1 N–H and O–H groups in total. The minimum atomic E-state index is -0.809. The van der Waals surface area contributed by atoms with E-state index in [1.54, 1.807) is 24.3 Å². The van der Waals surface area contributed by atoms with Gasteiger partial charge in [0, 0.05) is 5.56 Å². The van der Waals surface area contributed by atoms with Gasteiger partial charge in [0.05, 0.1) is 28.4 Å². The van der Waals surface area contributed by atoms with Crippen LogP contribution in [0.5, 0.6) is 5.75 Å². The molecule has 1 aliphatic rings. The second-order valence-corrected chi connectivity index (χ2v) is 10.4. The molecule has 1 fully saturated rings. The fourth-order valence-electron chi connectivity index (χ4n) is 4.61. The molecule has 1 aromatic heterocycles. The summed E-state index contributed by atoms with van der Waals surface area (Å²) in [5.74, 6) is -0.656. The SMILES string of the molecule is CCOc1ccc(/C(O)=C2\C(=O)C(=O)N(c3nc4ccc(C(C)C)cc4s3)C2c2cccc(C)c2)cc1. The Labute approximate surface area is 219 Å². The molecular formula is C30H28N2O4S. The average Bonchev–Trinajstić information content (AvgIpc) is 3.42. The van der Waals surface area contributed by atoms with Crippen molar-refractivity contribution in [3.63, 3.8) is 0 Å². The van der Waals surface area contributed by atoms with Crippen LogP contribution in [0.3, 0.4) is 0 Å². The second-order valence-electron chi connectivity index (χ2n) is 9.42. The summed E-state index contributed by atoms with van der Waals surface area (Å²) in [6.45, 7) is 8.61. The minimum absolute atomic E-state index is 0.0434. The standard InChI is InChI=1S/C30H28N2O4S/c1-5-36-22-12-9-19(10-13-22)27(33)25-26(21-8-6-7-18(4)15-21)32(29(35)28(25)34)30-31-23-14-11-20(17(2)3)16-24(23)37-30/h6-17,26,33H,5H2,1-4H3/b27-25+. The quantitative estimate of drug-likeness (QED) is 0.176. The molecule has 3 aromatic carbocycles. The Morgan fingerprint density at radius 2 is 1.84 bits per heavy atom. The summed E-state index contributed by atoms with van der Waals surface area (Å²) in [6, 6.07) is 19.7. The van der Waals surface area contributed by atoms with Gasteiger partial charge in [-0.2, -0.15) is 0 Å². The number of carbonyl (C=O) groups is 2. The number of amides is 1. The van der Waals surface area contributed by atoms with Gasteiger partial charge in [0.25, 0.3) is 5.78 Å². The number of Topliss-reactive ketones (excluding diaryl/α,β-unsaturated/α-hetero) is 1. The van der Waals surface area contributed by atoms with Gasteiger partial charge in [-0.15, -0.1) is 0 Å². The zero-order valence-corrected chi connectivity index (χ0v) is 22.0. The van der Waals surface area contributed by atoms with E-state index in [0.29, 0.717) is 29.0 Å². The van der Waals surface area contributed by atoms with Crippen molar-refractivity contribution < 1.29 is 19.4 Å². The summed E-state index contributed by atoms with van der Waals surface area (Å²) in [7, 11) is 0. The van der Waals surface area contributed by atoms with Gasteiger partial charge in [-0.1, -0.05) is 61.1 Å². The van der Waals surface area contributed by atoms with Gasteiger partial charge in [0.2, 0.25) is 0 Å². The molecule has 1 saturated heterocycles. The number of hydrogen-bond acceptors (Lipinski definition) is 6. The average molecular weight is 513 g/mol. The van der Waals surface area contributed by atoms with E-state index in [9.17, 15) is 14.7 Å². The summed E-state index contributed by atoms with van der Waals surface area (Å²) >= 11 is 1.37. The van der Waals surface area contributed by atoms with Gasteiger partial charge < -0.3 is 9.84 Å². The van der Waals surface area contributed by atoms with Crippen LogP contribution >= 0.6 is 11.3 Å². The monoisotopic (exact) mass is 512 g/mol. The minimum Gasteiger partial charge on any atom is -0.507 e. The number of aromatic nitrogens is 1. The number of aliphatic hydroxyl groups is 1. The van der Waals surface area contributed by atoms with Crippen LogP contribution in [0.15, 0.2) is 72.3 Å². The van der Waals surface area contributed by atoms with Crippen LogP contribution in [0.4, 0.5) is 5.13 Å². The molecule has 0 spiro atoms. The third kappa shape index (κ3) is 4.51. The molecule has 1 aliphatic heterocycles. The molecule has 0 saturated carbocycles. The Balaban J connectivity index is 1.67. The molecule has 37 heavy (non-hydrogen) atoms. The number of aryl methyl sites for hydroxylation is 1. The number of ketones is 1. The third-order valence-electron chi connectivity index (χ3n) is 6.52. The first-order valence-corrected chi connectivity index (χ1v) is 13.1. The number of thiazole rings is 1. The molecule has 0 bridgehead atoms. The normalized spacial score (nSPS) is 17.2. The van der Waals surface area contributed by atoms with Gasteiger partial charge in [-0.3, -0.25) is 14.5 Å². The number of rotatable bonds is 6. The molecule has 6 nitrogen and oxygen atoms in total. The van der Waals surface area contributed by atoms with E-state index in [2.05, 4.69) is 19.9 Å². The lowest BCUT2D eigenvalue weighted by Gasteiger charge is -2.23. The summed E-state index contributed by atoms with van der Waals surface area (Å²) in [5.41, 5.74) is 4.13. The maximum atomic E-state index is 13.5. The predicted molar refractivity (Wildman–Crippen MR) is 147 cm³/mol. The van der Waals surface area contributed by atoms with Crippen LogP contribution in [0.25, 0.3) is 16.0 Å². The Morgan fingerprint density at radius 3 is 2.51 bits per heavy atom. The van der Waals surface area contributed by atoms with E-state index in [1.165, 1.54) is 21.8 Å². The molecule has 2 heterocycles. The van der Waals surface area contributed by atoms with Gasteiger partial charge in [0.15, 0.2) is 5.13 Å². The van der Waals surface area contributed by atoms with Gasteiger partial charge in [-0.25, -0.2) is 4.98 Å². The van der Waals surface area contributed by atoms with Crippen molar-refractivity contribution in [2.75, 3.05) is 11.5 Å². The topological polar surface area (TPSA) is 79.7 Å². The van der Waals surface area contributed by atoms with E-state index in [1.807, 2.05) is 50.2 Å². The highest BCUT2D eigenvalue weighted by molar-refractivity contribution is 7.22. The number of nitrogens with zero attached hydrogens (tertiary/aromatic N) is 2.